The lowest BCUT2D eigenvalue weighted by molar-refractivity contribution is 0.544. The Bertz CT molecular complexity index is 698. The third kappa shape index (κ3) is 4.06. The van der Waals surface area contributed by atoms with Gasteiger partial charge >= 0.3 is 0 Å². The summed E-state index contributed by atoms with van der Waals surface area (Å²) in [5.74, 6) is 0. The van der Waals surface area contributed by atoms with Gasteiger partial charge in [0.25, 0.3) is 10.0 Å². The van der Waals surface area contributed by atoms with Gasteiger partial charge in [-0.25, -0.2) is 18.1 Å². The van der Waals surface area contributed by atoms with Crippen LogP contribution in [0.3, 0.4) is 0 Å². The summed E-state index contributed by atoms with van der Waals surface area (Å²) in [6.07, 6.45) is 2.89. The minimum atomic E-state index is -3.69. The van der Waals surface area contributed by atoms with Crippen molar-refractivity contribution in [3.8, 4) is 0 Å². The quantitative estimate of drug-likeness (QED) is 0.886. The van der Waals surface area contributed by atoms with Crippen LogP contribution in [0.4, 0.5) is 0 Å². The number of halogens is 1. The van der Waals surface area contributed by atoms with Gasteiger partial charge < -0.3 is 4.57 Å². The highest BCUT2D eigenvalue weighted by Gasteiger charge is 2.24. The molecule has 0 saturated carbocycles. The molecule has 0 aliphatic heterocycles. The van der Waals surface area contributed by atoms with Crippen molar-refractivity contribution in [3.05, 3.63) is 47.4 Å². The molecule has 2 aromatic rings. The fourth-order valence-electron chi connectivity index (χ4n) is 1.98. The molecule has 0 aliphatic carbocycles. The molecule has 1 aromatic heterocycles. The second-order valence-electron chi connectivity index (χ2n) is 5.00. The number of nitrogens with zero attached hydrogens (tertiary/aromatic N) is 2. The maximum absolute atomic E-state index is 12.2. The Kier molecular flexibility index (Phi) is 5.03. The van der Waals surface area contributed by atoms with Crippen molar-refractivity contribution >= 4 is 21.6 Å². The van der Waals surface area contributed by atoms with Gasteiger partial charge in [0, 0.05) is 13.1 Å². The minimum Gasteiger partial charge on any atom is -0.324 e. The first-order chi connectivity index (χ1) is 9.90. The summed E-state index contributed by atoms with van der Waals surface area (Å²) in [6, 6.07) is 9.75. The van der Waals surface area contributed by atoms with Crippen LogP contribution in [0.1, 0.15) is 18.9 Å². The number of benzene rings is 1. The zero-order valence-corrected chi connectivity index (χ0v) is 13.5. The normalized spacial score (nSPS) is 13.3. The van der Waals surface area contributed by atoms with Crippen molar-refractivity contribution in [3.63, 3.8) is 0 Å². The van der Waals surface area contributed by atoms with Crippen molar-refractivity contribution in [2.45, 2.75) is 30.8 Å². The van der Waals surface area contributed by atoms with Crippen LogP contribution in [0.5, 0.6) is 0 Å². The fourth-order valence-corrected chi connectivity index (χ4v) is 3.69. The van der Waals surface area contributed by atoms with Crippen molar-refractivity contribution in [1.29, 1.82) is 0 Å². The lowest BCUT2D eigenvalue weighted by Crippen LogP contribution is -2.33. The zero-order chi connectivity index (χ0) is 15.5. The van der Waals surface area contributed by atoms with Crippen LogP contribution in [0.2, 0.25) is 5.15 Å². The molecule has 1 aromatic carbocycles. The van der Waals surface area contributed by atoms with E-state index in [0.717, 1.165) is 6.42 Å². The number of hydrogen-bond acceptors (Lipinski definition) is 3. The molecule has 1 atom stereocenters. The first-order valence-electron chi connectivity index (χ1n) is 6.63. The van der Waals surface area contributed by atoms with E-state index in [0.29, 0.717) is 6.42 Å². The molecule has 2 rings (SSSR count). The number of sulfonamides is 1. The van der Waals surface area contributed by atoms with Crippen LogP contribution in [0.25, 0.3) is 0 Å². The van der Waals surface area contributed by atoms with Crippen LogP contribution in [-0.4, -0.2) is 24.0 Å². The molecule has 0 saturated heterocycles. The predicted molar refractivity (Wildman–Crippen MR) is 82.8 cm³/mol. The van der Waals surface area contributed by atoms with Crippen LogP contribution in [0.15, 0.2) is 41.7 Å². The molecule has 0 fully saturated rings. The summed E-state index contributed by atoms with van der Waals surface area (Å²) in [5, 5.41) is -0.0176. The number of aromatic nitrogens is 2. The third-order valence-electron chi connectivity index (χ3n) is 3.15. The maximum Gasteiger partial charge on any atom is 0.261 e. The van der Waals surface area contributed by atoms with E-state index in [1.165, 1.54) is 16.5 Å². The molecule has 7 heteroatoms. The first kappa shape index (κ1) is 16.0. The first-order valence-corrected chi connectivity index (χ1v) is 8.49. The Morgan fingerprint density at radius 1 is 1.33 bits per heavy atom. The monoisotopic (exact) mass is 327 g/mol. The maximum atomic E-state index is 12.2. The molecular formula is C14H18ClN3O2S. The third-order valence-corrected chi connectivity index (χ3v) is 5.23. The topological polar surface area (TPSA) is 64.0 Å². The highest BCUT2D eigenvalue weighted by Crippen LogP contribution is 2.19. The van der Waals surface area contributed by atoms with Gasteiger partial charge in [0.1, 0.15) is 5.15 Å². The van der Waals surface area contributed by atoms with Crippen molar-refractivity contribution < 1.29 is 8.42 Å². The lowest BCUT2D eigenvalue weighted by Gasteiger charge is -2.13. The second-order valence-corrected chi connectivity index (χ2v) is 6.99. The van der Waals surface area contributed by atoms with Crippen LogP contribution in [0, 0.1) is 0 Å². The van der Waals surface area contributed by atoms with Crippen molar-refractivity contribution in [2.24, 2.45) is 7.05 Å². The van der Waals surface area contributed by atoms with Gasteiger partial charge in [-0.05, 0) is 25.3 Å². The van der Waals surface area contributed by atoms with Gasteiger partial charge in [-0.2, -0.15) is 0 Å². The fraction of sp³-hybridized carbons (Fsp3) is 0.357. The van der Waals surface area contributed by atoms with Crippen LogP contribution >= 0.6 is 11.6 Å². The van der Waals surface area contributed by atoms with E-state index >= 15 is 0 Å². The van der Waals surface area contributed by atoms with Gasteiger partial charge in [-0.15, -0.1) is 0 Å². The molecule has 1 N–H and O–H groups in total. The average Bonchev–Trinajstić information content (AvgIpc) is 2.78. The standard InChI is InChI=1S/C14H18ClN3O2S/c1-11(8-9-12-6-4-3-5-7-12)17-21(19,20)14-13(15)18(2)10-16-14/h3-7,10-11,17H,8-9H2,1-2H3/t11-/m0/s1. The van der Waals surface area contributed by atoms with Crippen LogP contribution in [-0.2, 0) is 23.5 Å². The number of aryl methyl sites for hydroxylation is 2. The Balaban J connectivity index is 1.98. The highest BCUT2D eigenvalue weighted by atomic mass is 35.5. The van der Waals surface area contributed by atoms with E-state index < -0.39 is 10.0 Å². The van der Waals surface area contributed by atoms with Gasteiger partial charge in [0.2, 0.25) is 5.03 Å². The Morgan fingerprint density at radius 2 is 2.00 bits per heavy atom. The van der Waals surface area contributed by atoms with Crippen LogP contribution < -0.4 is 4.72 Å². The SMILES string of the molecule is C[C@@H](CCc1ccccc1)NS(=O)(=O)c1ncn(C)c1Cl. The Labute approximate surface area is 130 Å². The predicted octanol–water partition coefficient (Wildman–Crippen LogP) is 2.37. The van der Waals surface area contributed by atoms with Gasteiger partial charge in [-0.3, -0.25) is 0 Å². The van der Waals surface area contributed by atoms with Crippen molar-refractivity contribution in [2.75, 3.05) is 0 Å². The van der Waals surface area contributed by atoms with Gasteiger partial charge in [0.15, 0.2) is 0 Å². The zero-order valence-electron chi connectivity index (χ0n) is 12.0. The van der Waals surface area contributed by atoms with Gasteiger partial charge in [-0.1, -0.05) is 41.9 Å². The van der Waals surface area contributed by atoms with E-state index in [4.69, 9.17) is 11.6 Å². The molecule has 1 heterocycles. The number of nitrogens with one attached hydrogen (secondary N) is 1. The van der Waals surface area contributed by atoms with E-state index in [1.807, 2.05) is 37.3 Å². The lowest BCUT2D eigenvalue weighted by atomic mass is 10.1. The molecule has 0 spiro atoms. The Hall–Kier alpha value is -1.37. The van der Waals surface area contributed by atoms with E-state index in [-0.39, 0.29) is 16.2 Å². The summed E-state index contributed by atoms with van der Waals surface area (Å²) in [5.41, 5.74) is 1.18. The smallest absolute Gasteiger partial charge is 0.261 e. The molecule has 5 nitrogen and oxygen atoms in total. The molecule has 21 heavy (non-hydrogen) atoms. The molecule has 0 bridgehead atoms. The number of rotatable bonds is 6. The molecule has 0 radical (unpaired) electrons. The summed E-state index contributed by atoms with van der Waals surface area (Å²) in [7, 11) is -2.04. The summed E-state index contributed by atoms with van der Waals surface area (Å²) in [4.78, 5) is 3.84. The molecule has 0 aliphatic rings. The molecule has 114 valence electrons. The number of hydrogen-bond donors (Lipinski definition) is 1. The largest absolute Gasteiger partial charge is 0.324 e. The molecule has 0 amide bonds. The minimum absolute atomic E-state index is 0.109. The summed E-state index contributed by atoms with van der Waals surface area (Å²) in [6.45, 7) is 1.83. The van der Waals surface area contributed by atoms with E-state index in [2.05, 4.69) is 9.71 Å². The van der Waals surface area contributed by atoms with E-state index in [1.54, 1.807) is 7.05 Å². The molecular weight excluding hydrogens is 310 g/mol. The number of imidazole rings is 1. The Morgan fingerprint density at radius 3 is 2.57 bits per heavy atom. The van der Waals surface area contributed by atoms with Gasteiger partial charge in [0.05, 0.1) is 6.33 Å². The van der Waals surface area contributed by atoms with Crippen molar-refractivity contribution in [1.82, 2.24) is 14.3 Å². The summed E-state index contributed by atoms with van der Waals surface area (Å²) < 4.78 is 28.5. The molecule has 0 unspecified atom stereocenters. The van der Waals surface area contributed by atoms with E-state index in [9.17, 15) is 8.42 Å². The highest BCUT2D eigenvalue weighted by molar-refractivity contribution is 7.89. The summed E-state index contributed by atoms with van der Waals surface area (Å²) >= 11 is 5.93. The average molecular weight is 328 g/mol. The second kappa shape index (κ2) is 6.60.